The molecule has 3 aromatic rings. The maximum Gasteiger partial charge on any atom is 0.306 e. The lowest BCUT2D eigenvalue weighted by Crippen LogP contribution is -2.09. The maximum absolute atomic E-state index is 14.8. The van der Waals surface area contributed by atoms with E-state index in [0.717, 1.165) is 5.56 Å². The molecule has 1 aliphatic carbocycles. The summed E-state index contributed by atoms with van der Waals surface area (Å²) in [6.07, 6.45) is 0.817. The van der Waals surface area contributed by atoms with Gasteiger partial charge in [-0.3, -0.25) is 4.79 Å². The van der Waals surface area contributed by atoms with Crippen LogP contribution in [0.5, 0.6) is 23.0 Å². The van der Waals surface area contributed by atoms with Crippen LogP contribution < -0.4 is 14.2 Å². The Labute approximate surface area is 203 Å². The monoisotopic (exact) mass is 530 g/mol. The Morgan fingerprint density at radius 1 is 1.09 bits per heavy atom. The van der Waals surface area contributed by atoms with Crippen LogP contribution in [-0.2, 0) is 16.0 Å². The van der Waals surface area contributed by atoms with E-state index in [1.54, 1.807) is 18.2 Å². The molecule has 0 spiro atoms. The summed E-state index contributed by atoms with van der Waals surface area (Å²) in [6.45, 7) is 0.391. The van der Waals surface area contributed by atoms with Crippen molar-refractivity contribution in [2.24, 2.45) is 0 Å². The fraction of sp³-hybridized carbons (Fsp3) is 0.269. The van der Waals surface area contributed by atoms with Crippen molar-refractivity contribution in [3.05, 3.63) is 81.3 Å². The molecule has 0 bridgehead atoms. The van der Waals surface area contributed by atoms with E-state index in [0.29, 0.717) is 52.3 Å². The third-order valence-corrected chi connectivity index (χ3v) is 6.63. The number of fused-ring (bicyclic) bond motifs is 2. The smallest absolute Gasteiger partial charge is 0.306 e. The molecule has 2 aliphatic rings. The van der Waals surface area contributed by atoms with Crippen LogP contribution in [0.4, 0.5) is 8.78 Å². The molecule has 3 aromatic carbocycles. The van der Waals surface area contributed by atoms with Crippen LogP contribution in [-0.4, -0.2) is 19.7 Å². The number of ether oxygens (including phenoxy) is 4. The highest BCUT2D eigenvalue weighted by atomic mass is 79.9. The first-order valence-electron chi connectivity index (χ1n) is 10.9. The zero-order valence-electron chi connectivity index (χ0n) is 18.3. The lowest BCUT2D eigenvalue weighted by Gasteiger charge is -2.17. The van der Waals surface area contributed by atoms with Crippen molar-refractivity contribution in [3.63, 3.8) is 0 Å². The molecule has 0 saturated heterocycles. The third kappa shape index (κ3) is 4.34. The number of rotatable bonds is 6. The SMILES string of the molecule is COC(=O)C[C@@H]1COc2cc(O[C@@H]3CCc4c(Oc5ccc(Br)cc5F)ccc(F)c43)ccc21. The first-order valence-corrected chi connectivity index (χ1v) is 11.7. The molecule has 34 heavy (non-hydrogen) atoms. The van der Waals surface area contributed by atoms with E-state index in [1.807, 2.05) is 6.07 Å². The van der Waals surface area contributed by atoms with Gasteiger partial charge in [0, 0.05) is 33.1 Å². The molecule has 0 fully saturated rings. The predicted molar refractivity (Wildman–Crippen MR) is 124 cm³/mol. The highest BCUT2D eigenvalue weighted by molar-refractivity contribution is 9.10. The first kappa shape index (κ1) is 22.7. The molecule has 0 radical (unpaired) electrons. The van der Waals surface area contributed by atoms with Crippen LogP contribution >= 0.6 is 15.9 Å². The summed E-state index contributed by atoms with van der Waals surface area (Å²) < 4.78 is 52.1. The number of carbonyl (C=O) groups is 1. The number of carbonyl (C=O) groups excluding carboxylic acids is 1. The number of methoxy groups -OCH3 is 1. The molecule has 1 aliphatic heterocycles. The number of halogens is 3. The number of benzene rings is 3. The van der Waals surface area contributed by atoms with E-state index in [2.05, 4.69) is 15.9 Å². The van der Waals surface area contributed by atoms with Gasteiger partial charge in [0.2, 0.25) is 0 Å². The molecule has 1 heterocycles. The molecule has 0 unspecified atom stereocenters. The van der Waals surface area contributed by atoms with Gasteiger partial charge in [-0.2, -0.15) is 0 Å². The summed E-state index contributed by atoms with van der Waals surface area (Å²) in [5, 5.41) is 0. The second-order valence-corrected chi connectivity index (χ2v) is 9.16. The van der Waals surface area contributed by atoms with Gasteiger partial charge in [0.1, 0.15) is 29.2 Å². The van der Waals surface area contributed by atoms with Gasteiger partial charge in [-0.15, -0.1) is 0 Å². The quantitative estimate of drug-likeness (QED) is 0.335. The second-order valence-electron chi connectivity index (χ2n) is 8.25. The highest BCUT2D eigenvalue weighted by Crippen LogP contribution is 2.44. The molecule has 5 nitrogen and oxygen atoms in total. The molecule has 0 amide bonds. The van der Waals surface area contributed by atoms with Crippen LogP contribution in [0.2, 0.25) is 0 Å². The van der Waals surface area contributed by atoms with Gasteiger partial charge in [0.15, 0.2) is 11.6 Å². The topological polar surface area (TPSA) is 54.0 Å². The lowest BCUT2D eigenvalue weighted by atomic mass is 9.98. The van der Waals surface area contributed by atoms with Crippen LogP contribution in [0.1, 0.15) is 41.6 Å². The van der Waals surface area contributed by atoms with E-state index in [4.69, 9.17) is 18.9 Å². The Kier molecular flexibility index (Phi) is 6.16. The minimum atomic E-state index is -0.515. The molecule has 2 atom stereocenters. The summed E-state index contributed by atoms with van der Waals surface area (Å²) in [5.74, 6) is 0.400. The fourth-order valence-electron chi connectivity index (χ4n) is 4.48. The van der Waals surface area contributed by atoms with E-state index in [1.165, 1.54) is 31.4 Å². The minimum absolute atomic E-state index is 0.0682. The second kappa shape index (κ2) is 9.25. The van der Waals surface area contributed by atoms with E-state index in [-0.39, 0.29) is 24.1 Å². The number of hydrogen-bond donors (Lipinski definition) is 0. The van der Waals surface area contributed by atoms with Crippen LogP contribution in [0, 0.1) is 11.6 Å². The van der Waals surface area contributed by atoms with Crippen molar-refractivity contribution in [2.75, 3.05) is 13.7 Å². The van der Waals surface area contributed by atoms with Gasteiger partial charge in [-0.1, -0.05) is 22.0 Å². The van der Waals surface area contributed by atoms with Crippen LogP contribution in [0.3, 0.4) is 0 Å². The van der Waals surface area contributed by atoms with E-state index in [9.17, 15) is 13.6 Å². The lowest BCUT2D eigenvalue weighted by molar-refractivity contribution is -0.141. The molecule has 8 heteroatoms. The third-order valence-electron chi connectivity index (χ3n) is 6.14. The minimum Gasteiger partial charge on any atom is -0.492 e. The van der Waals surface area contributed by atoms with Crippen molar-refractivity contribution in [3.8, 4) is 23.0 Å². The number of hydrogen-bond acceptors (Lipinski definition) is 5. The normalized spacial score (nSPS) is 18.1. The predicted octanol–water partition coefficient (Wildman–Crippen LogP) is 6.63. The van der Waals surface area contributed by atoms with E-state index >= 15 is 0 Å². The highest BCUT2D eigenvalue weighted by Gasteiger charge is 2.32. The maximum atomic E-state index is 14.8. The van der Waals surface area contributed by atoms with Gasteiger partial charge < -0.3 is 18.9 Å². The summed E-state index contributed by atoms with van der Waals surface area (Å²) in [5.41, 5.74) is 2.01. The van der Waals surface area contributed by atoms with Crippen molar-refractivity contribution in [1.29, 1.82) is 0 Å². The van der Waals surface area contributed by atoms with Crippen molar-refractivity contribution in [1.82, 2.24) is 0 Å². The average molecular weight is 531 g/mol. The Bertz CT molecular complexity index is 1260. The summed E-state index contributed by atoms with van der Waals surface area (Å²) in [4.78, 5) is 11.6. The first-order chi connectivity index (χ1) is 16.4. The molecule has 0 N–H and O–H groups in total. The Balaban J connectivity index is 1.36. The van der Waals surface area contributed by atoms with Crippen LogP contribution in [0.15, 0.2) is 53.0 Å². The molecule has 0 saturated carbocycles. The van der Waals surface area contributed by atoms with Gasteiger partial charge >= 0.3 is 5.97 Å². The summed E-state index contributed by atoms with van der Waals surface area (Å²) in [7, 11) is 1.36. The van der Waals surface area contributed by atoms with Gasteiger partial charge in [0.25, 0.3) is 0 Å². The number of esters is 1. The zero-order chi connectivity index (χ0) is 23.8. The van der Waals surface area contributed by atoms with Gasteiger partial charge in [-0.05, 0) is 49.2 Å². The Hall–Kier alpha value is -3.13. The molecule has 176 valence electrons. The Morgan fingerprint density at radius 3 is 2.71 bits per heavy atom. The zero-order valence-corrected chi connectivity index (χ0v) is 19.9. The van der Waals surface area contributed by atoms with Gasteiger partial charge in [0.05, 0.1) is 20.1 Å². The average Bonchev–Trinajstić information content (AvgIpc) is 3.42. The Morgan fingerprint density at radius 2 is 1.91 bits per heavy atom. The fourth-order valence-corrected chi connectivity index (χ4v) is 4.81. The van der Waals surface area contributed by atoms with Crippen LogP contribution in [0.25, 0.3) is 0 Å². The van der Waals surface area contributed by atoms with Gasteiger partial charge in [-0.25, -0.2) is 8.78 Å². The van der Waals surface area contributed by atoms with Crippen molar-refractivity contribution < 1.29 is 32.5 Å². The summed E-state index contributed by atoms with van der Waals surface area (Å²) >= 11 is 3.22. The molecular weight excluding hydrogens is 510 g/mol. The summed E-state index contributed by atoms with van der Waals surface area (Å²) in [6, 6.07) is 12.8. The van der Waals surface area contributed by atoms with E-state index < -0.39 is 17.7 Å². The van der Waals surface area contributed by atoms with Crippen molar-refractivity contribution in [2.45, 2.75) is 31.3 Å². The molecule has 5 rings (SSSR count). The van der Waals surface area contributed by atoms with Crippen molar-refractivity contribution >= 4 is 21.9 Å². The standard InChI is InChI=1S/C26H21BrF2O5/c1-31-25(30)10-14-13-32-24-12-16(3-4-17(14)24)33-23-8-5-18-21(9-6-19(28)26(18)23)34-22-7-2-15(27)11-20(22)29/h2-4,6-7,9,11-12,14,23H,5,8,10,13H2,1H3/t14-,23-/m1/s1. The molecule has 0 aromatic heterocycles. The largest absolute Gasteiger partial charge is 0.492 e. The molecular formula is C26H21BrF2O5.